The van der Waals surface area contributed by atoms with Crippen LogP contribution >= 0.6 is 0 Å². The minimum atomic E-state index is -1.26. The van der Waals surface area contributed by atoms with Gasteiger partial charge in [0.05, 0.1) is 0 Å². The number of hydrogen-bond donors (Lipinski definition) is 3. The average Bonchev–Trinajstić information content (AvgIpc) is 3.31. The van der Waals surface area contributed by atoms with E-state index in [1.165, 1.54) is 4.57 Å². The summed E-state index contributed by atoms with van der Waals surface area (Å²) in [5.41, 5.74) is -1.91. The average molecular weight is 405 g/mol. The topological polar surface area (TPSA) is 131 Å². The van der Waals surface area contributed by atoms with E-state index in [4.69, 9.17) is 5.11 Å². The summed E-state index contributed by atoms with van der Waals surface area (Å²) < 4.78 is 2.38. The van der Waals surface area contributed by atoms with Crippen LogP contribution in [0.1, 0.15) is 80.2 Å². The smallest absolute Gasteiger partial charge is 0.334 e. The van der Waals surface area contributed by atoms with E-state index in [-0.39, 0.29) is 18.0 Å². The Bertz CT molecular complexity index is 943. The fourth-order valence-electron chi connectivity index (χ4n) is 5.56. The quantitative estimate of drug-likeness (QED) is 0.679. The third-order valence-corrected chi connectivity index (χ3v) is 6.90. The molecule has 1 aromatic heterocycles. The van der Waals surface area contributed by atoms with Gasteiger partial charge in [-0.1, -0.05) is 25.7 Å². The Morgan fingerprint density at radius 2 is 1.72 bits per heavy atom. The van der Waals surface area contributed by atoms with Crippen molar-refractivity contribution in [2.75, 3.05) is 6.54 Å². The van der Waals surface area contributed by atoms with Gasteiger partial charge in [0.2, 0.25) is 5.88 Å². The molecule has 1 heterocycles. The predicted molar refractivity (Wildman–Crippen MR) is 103 cm³/mol. The zero-order chi connectivity index (χ0) is 20.7. The minimum absolute atomic E-state index is 0.234. The molecule has 0 spiro atoms. The molecule has 2 bridgehead atoms. The Hall–Kier alpha value is -2.58. The zero-order valence-corrected chi connectivity index (χ0v) is 16.3. The molecule has 29 heavy (non-hydrogen) atoms. The maximum Gasteiger partial charge on any atom is 0.334 e. The number of carbonyl (C=O) groups is 2. The van der Waals surface area contributed by atoms with E-state index in [2.05, 4.69) is 5.32 Å². The van der Waals surface area contributed by atoms with E-state index in [1.54, 1.807) is 0 Å². The van der Waals surface area contributed by atoms with Crippen LogP contribution in [0.3, 0.4) is 0 Å². The molecular formula is C20H27N3O6. The number of amides is 1. The van der Waals surface area contributed by atoms with Crippen LogP contribution < -0.4 is 16.6 Å². The van der Waals surface area contributed by atoms with E-state index in [1.807, 2.05) is 0 Å². The van der Waals surface area contributed by atoms with Gasteiger partial charge in [-0.2, -0.15) is 0 Å². The van der Waals surface area contributed by atoms with Crippen molar-refractivity contribution in [3.05, 3.63) is 26.4 Å². The number of hydrogen-bond acceptors (Lipinski definition) is 5. The molecule has 0 saturated heterocycles. The standard InChI is InChI=1S/C20H27N3O6/c24-15(25)10-21-17(26)16-18(27)22(13-4-2-1-3-5-13)20(29)23(19(16)28)14-9-11-6-7-12(14)8-11/h11-14,28H,1-10H2,(H,21,26)(H,24,25)/t11?,12-,14-/m1/s1. The van der Waals surface area contributed by atoms with Crippen LogP contribution in [0, 0.1) is 11.8 Å². The zero-order valence-electron chi connectivity index (χ0n) is 16.3. The number of carboxylic acids is 1. The van der Waals surface area contributed by atoms with Gasteiger partial charge in [0, 0.05) is 12.1 Å². The Morgan fingerprint density at radius 1 is 1.00 bits per heavy atom. The van der Waals surface area contributed by atoms with Crippen molar-refractivity contribution in [3.8, 4) is 5.88 Å². The molecule has 0 aromatic carbocycles. The van der Waals surface area contributed by atoms with Crippen molar-refractivity contribution < 1.29 is 19.8 Å². The molecule has 3 fully saturated rings. The summed E-state index contributed by atoms with van der Waals surface area (Å²) in [7, 11) is 0. The van der Waals surface area contributed by atoms with Crippen LogP contribution in [0.25, 0.3) is 0 Å². The van der Waals surface area contributed by atoms with Gasteiger partial charge in [0.15, 0.2) is 5.56 Å². The molecule has 0 aliphatic heterocycles. The summed E-state index contributed by atoms with van der Waals surface area (Å²) in [5.74, 6) is -2.11. The number of nitrogens with zero attached hydrogens (tertiary/aromatic N) is 2. The molecule has 3 atom stereocenters. The summed E-state index contributed by atoms with van der Waals surface area (Å²) in [4.78, 5) is 49.9. The van der Waals surface area contributed by atoms with Crippen molar-refractivity contribution in [2.24, 2.45) is 11.8 Å². The van der Waals surface area contributed by atoms with E-state index < -0.39 is 41.1 Å². The maximum absolute atomic E-state index is 13.4. The van der Waals surface area contributed by atoms with E-state index in [0.717, 1.165) is 49.5 Å². The number of nitrogens with one attached hydrogen (secondary N) is 1. The lowest BCUT2D eigenvalue weighted by atomic mass is 9.94. The molecular weight excluding hydrogens is 378 g/mol. The number of fused-ring (bicyclic) bond motifs is 2. The molecule has 1 amide bonds. The summed E-state index contributed by atoms with van der Waals surface area (Å²) in [6, 6.07) is -0.539. The van der Waals surface area contributed by atoms with Crippen LogP contribution in [-0.4, -0.2) is 37.8 Å². The first-order valence-electron chi connectivity index (χ1n) is 10.5. The SMILES string of the molecule is O=C(O)CNC(=O)c1c(O)n([C@@H]2CC3CC[C@@H]2C3)c(=O)n(C2CCCCC2)c1=O. The highest BCUT2D eigenvalue weighted by molar-refractivity contribution is 5.97. The number of carbonyl (C=O) groups excluding carboxylic acids is 1. The van der Waals surface area contributed by atoms with Gasteiger partial charge >= 0.3 is 11.7 Å². The molecule has 4 rings (SSSR count). The van der Waals surface area contributed by atoms with Crippen LogP contribution in [0.15, 0.2) is 9.59 Å². The molecule has 158 valence electrons. The van der Waals surface area contributed by atoms with Gasteiger partial charge in [-0.15, -0.1) is 0 Å². The molecule has 3 aliphatic rings. The summed E-state index contributed by atoms with van der Waals surface area (Å²) in [5, 5.41) is 21.8. The molecule has 0 radical (unpaired) electrons. The first-order chi connectivity index (χ1) is 13.9. The van der Waals surface area contributed by atoms with Crippen molar-refractivity contribution >= 4 is 11.9 Å². The number of aromatic nitrogens is 2. The molecule has 3 N–H and O–H groups in total. The maximum atomic E-state index is 13.4. The van der Waals surface area contributed by atoms with Crippen molar-refractivity contribution in [3.63, 3.8) is 0 Å². The molecule has 1 aromatic rings. The van der Waals surface area contributed by atoms with Gasteiger partial charge < -0.3 is 15.5 Å². The lowest BCUT2D eigenvalue weighted by Gasteiger charge is -2.29. The van der Waals surface area contributed by atoms with Gasteiger partial charge in [-0.25, -0.2) is 4.79 Å². The van der Waals surface area contributed by atoms with Crippen molar-refractivity contribution in [1.29, 1.82) is 0 Å². The van der Waals surface area contributed by atoms with Crippen LogP contribution in [0.2, 0.25) is 0 Å². The Balaban J connectivity index is 1.84. The van der Waals surface area contributed by atoms with E-state index >= 15 is 0 Å². The first-order valence-corrected chi connectivity index (χ1v) is 10.5. The fraction of sp³-hybridized carbons (Fsp3) is 0.700. The van der Waals surface area contributed by atoms with Gasteiger partial charge in [-0.3, -0.25) is 23.5 Å². The number of aliphatic carboxylic acids is 1. The summed E-state index contributed by atoms with van der Waals surface area (Å²) in [6.45, 7) is -0.672. The second-order valence-electron chi connectivity index (χ2n) is 8.64. The van der Waals surface area contributed by atoms with E-state index in [0.29, 0.717) is 18.8 Å². The summed E-state index contributed by atoms with van der Waals surface area (Å²) in [6.07, 6.45) is 7.97. The third kappa shape index (κ3) is 3.47. The number of rotatable bonds is 5. The monoisotopic (exact) mass is 405 g/mol. The van der Waals surface area contributed by atoms with Crippen LogP contribution in [0.4, 0.5) is 0 Å². The van der Waals surface area contributed by atoms with Gasteiger partial charge in [0.1, 0.15) is 6.54 Å². The molecule has 3 aliphatic carbocycles. The van der Waals surface area contributed by atoms with Crippen molar-refractivity contribution in [1.82, 2.24) is 14.5 Å². The lowest BCUT2D eigenvalue weighted by Crippen LogP contribution is -2.48. The third-order valence-electron chi connectivity index (χ3n) is 6.90. The van der Waals surface area contributed by atoms with Crippen molar-refractivity contribution in [2.45, 2.75) is 69.9 Å². The van der Waals surface area contributed by atoms with Gasteiger partial charge in [0.25, 0.3) is 11.5 Å². The molecule has 3 saturated carbocycles. The number of aromatic hydroxyl groups is 1. The molecule has 9 nitrogen and oxygen atoms in total. The highest BCUT2D eigenvalue weighted by atomic mass is 16.4. The molecule has 9 heteroatoms. The highest BCUT2D eigenvalue weighted by Crippen LogP contribution is 2.51. The minimum Gasteiger partial charge on any atom is -0.494 e. The lowest BCUT2D eigenvalue weighted by molar-refractivity contribution is -0.135. The second-order valence-corrected chi connectivity index (χ2v) is 8.64. The Morgan fingerprint density at radius 3 is 2.31 bits per heavy atom. The normalized spacial score (nSPS) is 26.6. The second kappa shape index (κ2) is 7.68. The predicted octanol–water partition coefficient (Wildman–Crippen LogP) is 1.40. The fourth-order valence-corrected chi connectivity index (χ4v) is 5.56. The number of carboxylic acid groups (broad SMARTS) is 1. The van der Waals surface area contributed by atoms with Gasteiger partial charge in [-0.05, 0) is 43.9 Å². The molecule has 1 unspecified atom stereocenters. The Labute approximate surface area is 167 Å². The highest BCUT2D eigenvalue weighted by Gasteiger charge is 2.43. The summed E-state index contributed by atoms with van der Waals surface area (Å²) >= 11 is 0. The van der Waals surface area contributed by atoms with Crippen LogP contribution in [0.5, 0.6) is 5.88 Å². The first kappa shape index (κ1) is 19.7. The Kier molecular flexibility index (Phi) is 5.23. The largest absolute Gasteiger partial charge is 0.494 e. The van der Waals surface area contributed by atoms with Crippen LogP contribution in [-0.2, 0) is 4.79 Å². The van der Waals surface area contributed by atoms with E-state index in [9.17, 15) is 24.3 Å².